The standard InChI is InChI=1S/C31H37BrN4O2/c32-23-15-17-24(18-16-23)34-20-22(19-29(34)37)31-33-27-13-7-8-14-28(27)35(31)21-30(38)36(25-9-3-1-4-10-25)26-11-5-2-6-12-26/h7-8,13-18,22,25-26H,1-6,9-12,19-21H2. The van der Waals surface area contributed by atoms with Crippen LogP contribution < -0.4 is 4.90 Å². The first-order valence-corrected chi connectivity index (χ1v) is 15.2. The second-order valence-electron chi connectivity index (χ2n) is 11.3. The van der Waals surface area contributed by atoms with Crippen molar-refractivity contribution in [1.29, 1.82) is 0 Å². The normalized spacial score (nSPS) is 21.3. The van der Waals surface area contributed by atoms with Gasteiger partial charge in [0.25, 0.3) is 0 Å². The molecule has 6 nitrogen and oxygen atoms in total. The third kappa shape index (κ3) is 5.14. The highest BCUT2D eigenvalue weighted by Gasteiger charge is 2.37. The zero-order valence-corrected chi connectivity index (χ0v) is 23.6. The number of nitrogens with zero attached hydrogens (tertiary/aromatic N) is 4. The Balaban J connectivity index is 1.31. The van der Waals surface area contributed by atoms with Crippen molar-refractivity contribution < 1.29 is 9.59 Å². The molecule has 2 amide bonds. The van der Waals surface area contributed by atoms with E-state index in [1.54, 1.807) is 0 Å². The van der Waals surface area contributed by atoms with Gasteiger partial charge in [0.15, 0.2) is 0 Å². The summed E-state index contributed by atoms with van der Waals surface area (Å²) in [5.41, 5.74) is 2.78. The van der Waals surface area contributed by atoms with Crippen LogP contribution in [-0.2, 0) is 16.1 Å². The molecule has 2 aliphatic carbocycles. The van der Waals surface area contributed by atoms with Gasteiger partial charge in [-0.3, -0.25) is 9.59 Å². The van der Waals surface area contributed by atoms with Crippen LogP contribution in [0.1, 0.15) is 82.4 Å². The average Bonchev–Trinajstić information content (AvgIpc) is 3.51. The quantitative estimate of drug-likeness (QED) is 0.323. The predicted molar refractivity (Wildman–Crippen MR) is 154 cm³/mol. The van der Waals surface area contributed by atoms with Crippen LogP contribution in [0.5, 0.6) is 0 Å². The maximum atomic E-state index is 14.2. The first kappa shape index (κ1) is 25.6. The van der Waals surface area contributed by atoms with Crippen molar-refractivity contribution in [3.8, 4) is 0 Å². The van der Waals surface area contributed by atoms with Crippen LogP contribution >= 0.6 is 15.9 Å². The summed E-state index contributed by atoms with van der Waals surface area (Å²) in [4.78, 5) is 36.5. The lowest BCUT2D eigenvalue weighted by molar-refractivity contribution is -0.138. The Morgan fingerprint density at radius 1 is 0.895 bits per heavy atom. The van der Waals surface area contributed by atoms with E-state index in [0.717, 1.165) is 52.7 Å². The molecule has 0 spiro atoms. The molecule has 2 aromatic carbocycles. The summed E-state index contributed by atoms with van der Waals surface area (Å²) in [6.45, 7) is 0.874. The molecule has 3 aromatic rings. The van der Waals surface area contributed by atoms with E-state index in [0.29, 0.717) is 31.6 Å². The highest BCUT2D eigenvalue weighted by molar-refractivity contribution is 9.10. The molecule has 0 N–H and O–H groups in total. The van der Waals surface area contributed by atoms with Crippen molar-refractivity contribution in [3.05, 3.63) is 58.8 Å². The Morgan fingerprint density at radius 2 is 1.53 bits per heavy atom. The number of anilines is 1. The topological polar surface area (TPSA) is 58.4 Å². The van der Waals surface area contributed by atoms with E-state index in [1.165, 1.54) is 38.5 Å². The minimum Gasteiger partial charge on any atom is -0.335 e. The van der Waals surface area contributed by atoms with E-state index in [1.807, 2.05) is 47.4 Å². The van der Waals surface area contributed by atoms with E-state index < -0.39 is 0 Å². The molecule has 1 saturated heterocycles. The number of carbonyl (C=O) groups excluding carboxylic acids is 2. The van der Waals surface area contributed by atoms with Gasteiger partial charge in [0, 0.05) is 41.1 Å². The van der Waals surface area contributed by atoms with Gasteiger partial charge in [-0.05, 0) is 62.1 Å². The first-order chi connectivity index (χ1) is 18.6. The molecule has 6 rings (SSSR count). The van der Waals surface area contributed by atoms with E-state index in [-0.39, 0.29) is 17.7 Å². The van der Waals surface area contributed by atoms with Crippen LogP contribution in [0.2, 0.25) is 0 Å². The number of amides is 2. The van der Waals surface area contributed by atoms with E-state index >= 15 is 0 Å². The number of carbonyl (C=O) groups is 2. The summed E-state index contributed by atoms with van der Waals surface area (Å²) < 4.78 is 3.12. The van der Waals surface area contributed by atoms with Gasteiger partial charge in [-0.1, -0.05) is 66.6 Å². The molecule has 0 bridgehead atoms. The van der Waals surface area contributed by atoms with Gasteiger partial charge in [0.1, 0.15) is 12.4 Å². The molecule has 0 radical (unpaired) electrons. The smallest absolute Gasteiger partial charge is 0.243 e. The zero-order chi connectivity index (χ0) is 26.1. The Bertz CT molecular complexity index is 1270. The van der Waals surface area contributed by atoms with Crippen molar-refractivity contribution in [2.45, 2.75) is 95.2 Å². The van der Waals surface area contributed by atoms with Crippen LogP contribution in [0.3, 0.4) is 0 Å². The van der Waals surface area contributed by atoms with Gasteiger partial charge in [-0.25, -0.2) is 4.98 Å². The third-order valence-corrected chi connectivity index (χ3v) is 9.36. The first-order valence-electron chi connectivity index (χ1n) is 14.4. The van der Waals surface area contributed by atoms with Crippen molar-refractivity contribution in [2.24, 2.45) is 0 Å². The Morgan fingerprint density at radius 3 is 2.18 bits per heavy atom. The van der Waals surface area contributed by atoms with Crippen molar-refractivity contribution in [3.63, 3.8) is 0 Å². The van der Waals surface area contributed by atoms with E-state index in [9.17, 15) is 9.59 Å². The van der Waals surface area contributed by atoms with Crippen molar-refractivity contribution in [2.75, 3.05) is 11.4 Å². The van der Waals surface area contributed by atoms with Crippen LogP contribution in [-0.4, -0.2) is 44.9 Å². The number of aromatic nitrogens is 2. The molecule has 1 aliphatic heterocycles. The molecule has 3 fully saturated rings. The molecule has 2 heterocycles. The highest BCUT2D eigenvalue weighted by Crippen LogP contribution is 2.35. The molecular formula is C31H37BrN4O2. The lowest BCUT2D eigenvalue weighted by Crippen LogP contribution is -2.50. The van der Waals surface area contributed by atoms with Crippen molar-refractivity contribution in [1.82, 2.24) is 14.5 Å². The Kier molecular flexibility index (Phi) is 7.55. The number of hydrogen-bond acceptors (Lipinski definition) is 3. The summed E-state index contributed by atoms with van der Waals surface area (Å²) >= 11 is 3.49. The molecule has 3 aliphatic rings. The Labute approximate surface area is 233 Å². The summed E-state index contributed by atoms with van der Waals surface area (Å²) in [6.07, 6.45) is 12.3. The summed E-state index contributed by atoms with van der Waals surface area (Å²) in [5, 5.41) is 0. The highest BCUT2D eigenvalue weighted by atomic mass is 79.9. The predicted octanol–water partition coefficient (Wildman–Crippen LogP) is 6.81. The summed E-state index contributed by atoms with van der Waals surface area (Å²) in [6, 6.07) is 16.7. The van der Waals surface area contributed by atoms with E-state index in [2.05, 4.69) is 31.5 Å². The Hall–Kier alpha value is -2.67. The number of benzene rings is 2. The number of rotatable bonds is 6. The summed E-state index contributed by atoms with van der Waals surface area (Å²) in [5.74, 6) is 1.14. The van der Waals surface area contributed by atoms with Gasteiger partial charge in [0.2, 0.25) is 11.8 Å². The second-order valence-corrected chi connectivity index (χ2v) is 12.2. The maximum absolute atomic E-state index is 14.2. The van der Waals surface area contributed by atoms with Gasteiger partial charge >= 0.3 is 0 Å². The molecule has 1 atom stereocenters. The van der Waals surface area contributed by atoms with Gasteiger partial charge < -0.3 is 14.4 Å². The van der Waals surface area contributed by atoms with Gasteiger partial charge in [-0.15, -0.1) is 0 Å². The fourth-order valence-electron chi connectivity index (χ4n) is 6.96. The molecule has 200 valence electrons. The van der Waals surface area contributed by atoms with Crippen LogP contribution in [0.25, 0.3) is 11.0 Å². The minimum absolute atomic E-state index is 0.0517. The van der Waals surface area contributed by atoms with Crippen LogP contribution in [0, 0.1) is 0 Å². The number of para-hydroxylation sites is 2. The SMILES string of the molecule is O=C1CC(c2nc3ccccc3n2CC(=O)N(C2CCCCC2)C2CCCCC2)CN1c1ccc(Br)cc1. The lowest BCUT2D eigenvalue weighted by atomic mass is 9.88. The minimum atomic E-state index is -0.0517. The van der Waals surface area contributed by atoms with E-state index in [4.69, 9.17) is 4.98 Å². The monoisotopic (exact) mass is 576 g/mol. The molecule has 1 aromatic heterocycles. The van der Waals surface area contributed by atoms with Gasteiger partial charge in [0.05, 0.1) is 11.0 Å². The number of halogens is 1. The third-order valence-electron chi connectivity index (χ3n) is 8.83. The molecule has 1 unspecified atom stereocenters. The fourth-order valence-corrected chi connectivity index (χ4v) is 7.23. The largest absolute Gasteiger partial charge is 0.335 e. The number of fused-ring (bicyclic) bond motifs is 1. The molecule has 7 heteroatoms. The van der Waals surface area contributed by atoms with Crippen LogP contribution in [0.15, 0.2) is 53.0 Å². The second kappa shape index (κ2) is 11.2. The molecule has 38 heavy (non-hydrogen) atoms. The fraction of sp³-hybridized carbons (Fsp3) is 0.516. The number of hydrogen-bond donors (Lipinski definition) is 0. The maximum Gasteiger partial charge on any atom is 0.243 e. The van der Waals surface area contributed by atoms with Crippen LogP contribution in [0.4, 0.5) is 5.69 Å². The number of imidazole rings is 1. The summed E-state index contributed by atoms with van der Waals surface area (Å²) in [7, 11) is 0. The zero-order valence-electron chi connectivity index (χ0n) is 22.0. The van der Waals surface area contributed by atoms with Gasteiger partial charge in [-0.2, -0.15) is 0 Å². The lowest BCUT2D eigenvalue weighted by Gasteiger charge is -2.42. The molecular weight excluding hydrogens is 540 g/mol. The average molecular weight is 578 g/mol. The van der Waals surface area contributed by atoms with Crippen molar-refractivity contribution >= 4 is 44.5 Å². The molecule has 2 saturated carbocycles.